The van der Waals surface area contributed by atoms with Gasteiger partial charge in [0.2, 0.25) is 17.8 Å². The summed E-state index contributed by atoms with van der Waals surface area (Å²) in [6.07, 6.45) is 0.0284. The zero-order chi connectivity index (χ0) is 25.4. The number of nitrogens with zero attached hydrogens (tertiary/aromatic N) is 3. The first-order valence-corrected chi connectivity index (χ1v) is 11.6. The van der Waals surface area contributed by atoms with Crippen LogP contribution in [0, 0.1) is 5.92 Å². The number of fused-ring (bicyclic) bond motifs is 2. The highest BCUT2D eigenvalue weighted by Gasteiger charge is 2.48. The molecule has 1 saturated heterocycles. The Morgan fingerprint density at radius 1 is 1.14 bits per heavy atom. The van der Waals surface area contributed by atoms with Crippen molar-refractivity contribution in [1.29, 1.82) is 0 Å². The van der Waals surface area contributed by atoms with Crippen LogP contribution in [0.4, 0.5) is 27.9 Å². The van der Waals surface area contributed by atoms with Gasteiger partial charge in [-0.25, -0.2) is 23.5 Å². The Bertz CT molecular complexity index is 962. The van der Waals surface area contributed by atoms with E-state index in [-0.39, 0.29) is 42.9 Å². The predicted molar refractivity (Wildman–Crippen MR) is 112 cm³/mol. The van der Waals surface area contributed by atoms with Crippen LogP contribution in [-0.4, -0.2) is 69.7 Å². The van der Waals surface area contributed by atoms with E-state index in [1.54, 1.807) is 0 Å². The summed E-state index contributed by atoms with van der Waals surface area (Å²) < 4.78 is 64.4. The van der Waals surface area contributed by atoms with E-state index < -0.39 is 18.1 Å². The molecular weight excluding hydrogens is 479 g/mol. The fraction of sp³-hybridized carbons (Fsp3) is 0.727. The molecule has 4 aliphatic rings. The molecule has 194 valence electrons. The SMILES string of the molecule is O=C(C1CCC(F)(F)CC1)N1CCC2(COCc3cnc(NC4CC4)nc32)C1.O=C(O)C(F)(F)F. The number of amides is 1. The van der Waals surface area contributed by atoms with Gasteiger partial charge in [0, 0.05) is 49.7 Å². The molecule has 0 radical (unpaired) electrons. The van der Waals surface area contributed by atoms with Gasteiger partial charge in [-0.2, -0.15) is 13.2 Å². The first-order valence-electron chi connectivity index (χ1n) is 11.6. The molecule has 0 bridgehead atoms. The molecule has 2 N–H and O–H groups in total. The molecule has 1 atom stereocenters. The average Bonchev–Trinajstić information content (AvgIpc) is 3.51. The topological polar surface area (TPSA) is 105 Å². The maximum Gasteiger partial charge on any atom is 0.490 e. The van der Waals surface area contributed by atoms with E-state index in [9.17, 15) is 26.7 Å². The zero-order valence-corrected chi connectivity index (χ0v) is 18.9. The van der Waals surface area contributed by atoms with Crippen molar-refractivity contribution in [3.05, 3.63) is 17.5 Å². The quantitative estimate of drug-likeness (QED) is 0.605. The second-order valence-electron chi connectivity index (χ2n) is 9.70. The molecule has 1 unspecified atom stereocenters. The van der Waals surface area contributed by atoms with Crippen LogP contribution < -0.4 is 5.32 Å². The molecule has 1 amide bonds. The molecule has 13 heteroatoms. The van der Waals surface area contributed by atoms with Crippen molar-refractivity contribution in [1.82, 2.24) is 14.9 Å². The molecule has 5 rings (SSSR count). The summed E-state index contributed by atoms with van der Waals surface area (Å²) in [6, 6.07) is 0.472. The molecule has 2 saturated carbocycles. The number of hydrogen-bond acceptors (Lipinski definition) is 6. The Balaban J connectivity index is 0.000000364. The van der Waals surface area contributed by atoms with Crippen LogP contribution in [-0.2, 0) is 26.3 Å². The van der Waals surface area contributed by atoms with Gasteiger partial charge >= 0.3 is 12.1 Å². The highest BCUT2D eigenvalue weighted by atomic mass is 19.4. The van der Waals surface area contributed by atoms with Gasteiger partial charge in [-0.1, -0.05) is 0 Å². The van der Waals surface area contributed by atoms with Crippen molar-refractivity contribution >= 4 is 17.8 Å². The van der Waals surface area contributed by atoms with Crippen LogP contribution in [0.5, 0.6) is 0 Å². The van der Waals surface area contributed by atoms with Crippen LogP contribution in [0.3, 0.4) is 0 Å². The lowest BCUT2D eigenvalue weighted by Gasteiger charge is -2.35. The van der Waals surface area contributed by atoms with Gasteiger partial charge < -0.3 is 20.1 Å². The summed E-state index contributed by atoms with van der Waals surface area (Å²) in [5.74, 6) is -4.98. The number of aliphatic carboxylic acids is 1. The van der Waals surface area contributed by atoms with E-state index in [0.29, 0.717) is 38.3 Å². The second kappa shape index (κ2) is 9.47. The molecule has 0 aromatic carbocycles. The number of rotatable bonds is 3. The summed E-state index contributed by atoms with van der Waals surface area (Å²) in [5, 5.41) is 10.5. The van der Waals surface area contributed by atoms with Crippen LogP contribution in [0.1, 0.15) is 56.2 Å². The van der Waals surface area contributed by atoms with Crippen LogP contribution in [0.15, 0.2) is 6.20 Å². The van der Waals surface area contributed by atoms with Gasteiger partial charge in [0.15, 0.2) is 0 Å². The van der Waals surface area contributed by atoms with E-state index >= 15 is 0 Å². The number of ether oxygens (including phenoxy) is 1. The summed E-state index contributed by atoms with van der Waals surface area (Å²) >= 11 is 0. The number of alkyl halides is 5. The van der Waals surface area contributed by atoms with Crippen molar-refractivity contribution in [2.24, 2.45) is 5.92 Å². The zero-order valence-electron chi connectivity index (χ0n) is 18.9. The fourth-order valence-electron chi connectivity index (χ4n) is 4.79. The Kier molecular flexibility index (Phi) is 6.91. The van der Waals surface area contributed by atoms with Gasteiger partial charge in [0.1, 0.15) is 0 Å². The first kappa shape index (κ1) is 25.5. The minimum Gasteiger partial charge on any atom is -0.475 e. The number of likely N-dealkylation sites (tertiary alicyclic amines) is 1. The van der Waals surface area contributed by atoms with E-state index in [4.69, 9.17) is 19.6 Å². The number of carboxylic acids is 1. The minimum atomic E-state index is -5.08. The van der Waals surface area contributed by atoms with Gasteiger partial charge in [0.25, 0.3) is 0 Å². The van der Waals surface area contributed by atoms with E-state index in [1.807, 2.05) is 11.1 Å². The van der Waals surface area contributed by atoms with E-state index in [1.165, 1.54) is 0 Å². The van der Waals surface area contributed by atoms with Crippen LogP contribution >= 0.6 is 0 Å². The molecule has 1 aromatic rings. The molecule has 2 aliphatic carbocycles. The number of halogens is 5. The number of carbonyl (C=O) groups is 2. The molecule has 3 fully saturated rings. The Labute approximate surface area is 198 Å². The van der Waals surface area contributed by atoms with Gasteiger partial charge in [-0.05, 0) is 32.1 Å². The molecule has 8 nitrogen and oxygen atoms in total. The lowest BCUT2D eigenvalue weighted by molar-refractivity contribution is -0.192. The third kappa shape index (κ3) is 5.99. The average molecular weight is 506 g/mol. The number of aromatic nitrogens is 2. The maximum atomic E-state index is 13.4. The van der Waals surface area contributed by atoms with E-state index in [0.717, 1.165) is 30.5 Å². The number of carbonyl (C=O) groups excluding carboxylic acids is 1. The Morgan fingerprint density at radius 3 is 2.40 bits per heavy atom. The number of carboxylic acid groups (broad SMARTS) is 1. The van der Waals surface area contributed by atoms with Gasteiger partial charge in [-0.3, -0.25) is 4.79 Å². The van der Waals surface area contributed by atoms with E-state index in [2.05, 4.69) is 10.3 Å². The number of nitrogens with one attached hydrogen (secondary N) is 1. The second-order valence-corrected chi connectivity index (χ2v) is 9.70. The minimum absolute atomic E-state index is 0.0184. The fourth-order valence-corrected chi connectivity index (χ4v) is 4.79. The predicted octanol–water partition coefficient (Wildman–Crippen LogP) is 3.51. The van der Waals surface area contributed by atoms with Crippen molar-refractivity contribution in [3.63, 3.8) is 0 Å². The summed E-state index contributed by atoms with van der Waals surface area (Å²) in [7, 11) is 0. The molecule has 3 heterocycles. The molecule has 35 heavy (non-hydrogen) atoms. The first-order chi connectivity index (χ1) is 16.4. The van der Waals surface area contributed by atoms with Crippen molar-refractivity contribution in [3.8, 4) is 0 Å². The lowest BCUT2D eigenvalue weighted by Crippen LogP contribution is -2.43. The summed E-state index contributed by atoms with van der Waals surface area (Å²) in [4.78, 5) is 32.9. The van der Waals surface area contributed by atoms with Crippen molar-refractivity contribution in [2.75, 3.05) is 25.0 Å². The van der Waals surface area contributed by atoms with Gasteiger partial charge in [-0.15, -0.1) is 0 Å². The van der Waals surface area contributed by atoms with Crippen molar-refractivity contribution < 1.29 is 41.4 Å². The van der Waals surface area contributed by atoms with Crippen LogP contribution in [0.25, 0.3) is 0 Å². The summed E-state index contributed by atoms with van der Waals surface area (Å²) in [6.45, 7) is 2.20. The molecular formula is C22H27F5N4O4. The monoisotopic (exact) mass is 506 g/mol. The molecule has 1 aromatic heterocycles. The third-order valence-corrected chi connectivity index (χ3v) is 6.89. The highest BCUT2D eigenvalue weighted by molar-refractivity contribution is 5.79. The smallest absolute Gasteiger partial charge is 0.475 e. The standard InChI is InChI=1S/C20H26F2N4O2.C2HF3O2/c21-20(22)5-3-13(4-6-20)17(27)26-8-7-19(11-26)12-28-10-14-9-23-18(25-16(14)19)24-15-1-2-15;3-2(4,5)1(6)7/h9,13,15H,1-8,10-12H2,(H,23,24,25);(H,6,7). The van der Waals surface area contributed by atoms with Gasteiger partial charge in [0.05, 0.1) is 24.3 Å². The number of anilines is 1. The lowest BCUT2D eigenvalue weighted by atomic mass is 9.80. The molecule has 2 aliphatic heterocycles. The number of hydrogen-bond donors (Lipinski definition) is 2. The third-order valence-electron chi connectivity index (χ3n) is 6.89. The normalized spacial score (nSPS) is 26.0. The molecule has 1 spiro atoms. The maximum absolute atomic E-state index is 13.4. The summed E-state index contributed by atoms with van der Waals surface area (Å²) in [5.41, 5.74) is 1.66. The van der Waals surface area contributed by atoms with Crippen molar-refractivity contribution in [2.45, 2.75) is 75.1 Å². The van der Waals surface area contributed by atoms with Crippen LogP contribution in [0.2, 0.25) is 0 Å². The Morgan fingerprint density at radius 2 is 1.80 bits per heavy atom. The highest BCUT2D eigenvalue weighted by Crippen LogP contribution is 2.42. The largest absolute Gasteiger partial charge is 0.490 e. The Hall–Kier alpha value is -2.57.